The number of hydrogen-bond acceptors (Lipinski definition) is 3. The van der Waals surface area contributed by atoms with Crippen LogP contribution in [0.1, 0.15) is 20.3 Å². The molecule has 0 aliphatic carbocycles. The Labute approximate surface area is 84.8 Å². The van der Waals surface area contributed by atoms with Crippen LogP contribution in [0, 0.1) is 5.92 Å². The minimum Gasteiger partial charge on any atom is -0.387 e. The van der Waals surface area contributed by atoms with Crippen LogP contribution in [0.2, 0.25) is 0 Å². The molecule has 0 aromatic heterocycles. The zero-order valence-electron chi connectivity index (χ0n) is 8.90. The number of nitrogens with zero attached hydrogens (tertiary/aromatic N) is 1. The van der Waals surface area contributed by atoms with Crippen LogP contribution in [0.15, 0.2) is 0 Å². The molecule has 1 aliphatic rings. The van der Waals surface area contributed by atoms with Crippen LogP contribution in [-0.4, -0.2) is 48.3 Å². The van der Waals surface area contributed by atoms with Gasteiger partial charge in [-0.2, -0.15) is 0 Å². The fraction of sp³-hybridized carbons (Fsp3) is 0.900. The summed E-state index contributed by atoms with van der Waals surface area (Å²) in [5.74, 6) is 0.381. The zero-order valence-corrected chi connectivity index (χ0v) is 8.90. The highest BCUT2D eigenvalue weighted by molar-refractivity contribution is 5.77. The summed E-state index contributed by atoms with van der Waals surface area (Å²) in [7, 11) is 0. The third-order valence-corrected chi connectivity index (χ3v) is 2.36. The molecule has 0 saturated carbocycles. The van der Waals surface area contributed by atoms with Crippen molar-refractivity contribution in [2.45, 2.75) is 26.4 Å². The predicted molar refractivity (Wildman–Crippen MR) is 52.9 cm³/mol. The Morgan fingerprint density at radius 2 is 2.36 bits per heavy atom. The largest absolute Gasteiger partial charge is 0.387 e. The molecule has 1 N–H and O–H groups in total. The number of carbonyl (C=O) groups is 1. The van der Waals surface area contributed by atoms with Crippen LogP contribution in [0.5, 0.6) is 0 Å². The molecule has 1 fully saturated rings. The van der Waals surface area contributed by atoms with Crippen molar-refractivity contribution in [2.24, 2.45) is 5.92 Å². The summed E-state index contributed by atoms with van der Waals surface area (Å²) in [6.45, 7) is 5.69. The third-order valence-electron chi connectivity index (χ3n) is 2.36. The minimum absolute atomic E-state index is 0.138. The van der Waals surface area contributed by atoms with Gasteiger partial charge in [0.2, 0.25) is 5.91 Å². The van der Waals surface area contributed by atoms with Crippen molar-refractivity contribution in [1.29, 1.82) is 0 Å². The quantitative estimate of drug-likeness (QED) is 0.712. The Kier molecular flexibility index (Phi) is 4.35. The molecule has 0 aromatic rings. The fourth-order valence-electron chi connectivity index (χ4n) is 1.71. The number of aliphatic hydroxyl groups excluding tert-OH is 1. The van der Waals surface area contributed by atoms with Crippen LogP contribution in [-0.2, 0) is 9.53 Å². The van der Waals surface area contributed by atoms with E-state index in [2.05, 4.69) is 13.8 Å². The lowest BCUT2D eigenvalue weighted by Gasteiger charge is -2.33. The van der Waals surface area contributed by atoms with Crippen LogP contribution < -0.4 is 0 Å². The van der Waals surface area contributed by atoms with E-state index in [0.717, 1.165) is 6.42 Å². The first kappa shape index (κ1) is 11.5. The number of hydrogen-bond donors (Lipinski definition) is 1. The molecule has 14 heavy (non-hydrogen) atoms. The maximum atomic E-state index is 11.2. The first-order valence-corrected chi connectivity index (χ1v) is 5.13. The van der Waals surface area contributed by atoms with Gasteiger partial charge < -0.3 is 14.7 Å². The Bertz CT molecular complexity index is 194. The average Bonchev–Trinajstić information content (AvgIpc) is 2.16. The van der Waals surface area contributed by atoms with E-state index in [0.29, 0.717) is 25.6 Å². The van der Waals surface area contributed by atoms with Crippen molar-refractivity contribution >= 4 is 5.91 Å². The van der Waals surface area contributed by atoms with Crippen molar-refractivity contribution in [2.75, 3.05) is 26.3 Å². The van der Waals surface area contributed by atoms with Gasteiger partial charge in [0.05, 0.1) is 12.7 Å². The van der Waals surface area contributed by atoms with E-state index >= 15 is 0 Å². The van der Waals surface area contributed by atoms with E-state index < -0.39 is 6.61 Å². The highest BCUT2D eigenvalue weighted by Gasteiger charge is 2.23. The summed E-state index contributed by atoms with van der Waals surface area (Å²) in [6, 6.07) is 0. The van der Waals surface area contributed by atoms with Crippen LogP contribution in [0.3, 0.4) is 0 Å². The predicted octanol–water partition coefficient (Wildman–Crippen LogP) is 0.252. The van der Waals surface area contributed by atoms with Gasteiger partial charge in [0.1, 0.15) is 6.61 Å². The summed E-state index contributed by atoms with van der Waals surface area (Å²) in [5, 5.41) is 8.72. The first-order chi connectivity index (χ1) is 6.63. The third kappa shape index (κ3) is 3.27. The number of morpholine rings is 1. The number of amides is 1. The Morgan fingerprint density at radius 1 is 1.64 bits per heavy atom. The van der Waals surface area contributed by atoms with Gasteiger partial charge in [-0.1, -0.05) is 13.8 Å². The van der Waals surface area contributed by atoms with Crippen molar-refractivity contribution in [3.05, 3.63) is 0 Å². The maximum Gasteiger partial charge on any atom is 0.248 e. The SMILES string of the molecule is CC(C)CC1CN(C(=O)CO)CCO1. The standard InChI is InChI=1S/C10H19NO3/c1-8(2)5-9-6-11(3-4-14-9)10(13)7-12/h8-9,12H,3-7H2,1-2H3. The van der Waals surface area contributed by atoms with Crippen molar-refractivity contribution < 1.29 is 14.6 Å². The molecule has 1 atom stereocenters. The van der Waals surface area contributed by atoms with Crippen LogP contribution in [0.25, 0.3) is 0 Å². The van der Waals surface area contributed by atoms with E-state index in [9.17, 15) is 4.79 Å². The molecule has 4 nitrogen and oxygen atoms in total. The van der Waals surface area contributed by atoms with Gasteiger partial charge in [-0.15, -0.1) is 0 Å². The van der Waals surface area contributed by atoms with Crippen LogP contribution >= 0.6 is 0 Å². The minimum atomic E-state index is -0.394. The topological polar surface area (TPSA) is 49.8 Å². The molecule has 0 bridgehead atoms. The summed E-state index contributed by atoms with van der Waals surface area (Å²) in [6.07, 6.45) is 1.11. The molecule has 1 saturated heterocycles. The summed E-state index contributed by atoms with van der Waals surface area (Å²) < 4.78 is 5.54. The molecule has 1 amide bonds. The Hall–Kier alpha value is -0.610. The smallest absolute Gasteiger partial charge is 0.248 e. The lowest BCUT2D eigenvalue weighted by atomic mass is 10.0. The van der Waals surface area contributed by atoms with E-state index in [4.69, 9.17) is 9.84 Å². The molecule has 4 heteroatoms. The number of carbonyl (C=O) groups excluding carboxylic acids is 1. The number of aliphatic hydroxyl groups is 1. The lowest BCUT2D eigenvalue weighted by molar-refractivity contribution is -0.142. The highest BCUT2D eigenvalue weighted by Crippen LogP contribution is 2.13. The van der Waals surface area contributed by atoms with Gasteiger partial charge in [0.25, 0.3) is 0 Å². The second-order valence-electron chi connectivity index (χ2n) is 4.12. The summed E-state index contributed by atoms with van der Waals surface area (Å²) in [4.78, 5) is 12.9. The molecule has 82 valence electrons. The van der Waals surface area contributed by atoms with Crippen molar-refractivity contribution in [3.8, 4) is 0 Å². The van der Waals surface area contributed by atoms with E-state index in [1.54, 1.807) is 4.90 Å². The summed E-state index contributed by atoms with van der Waals surface area (Å²) in [5.41, 5.74) is 0. The second kappa shape index (κ2) is 5.32. The highest BCUT2D eigenvalue weighted by atomic mass is 16.5. The van der Waals surface area contributed by atoms with E-state index in [-0.39, 0.29) is 12.0 Å². The second-order valence-corrected chi connectivity index (χ2v) is 4.12. The molecule has 1 heterocycles. The molecule has 0 radical (unpaired) electrons. The first-order valence-electron chi connectivity index (χ1n) is 5.13. The van der Waals surface area contributed by atoms with Gasteiger partial charge in [-0.3, -0.25) is 4.79 Å². The van der Waals surface area contributed by atoms with Gasteiger partial charge in [0, 0.05) is 13.1 Å². The monoisotopic (exact) mass is 201 g/mol. The van der Waals surface area contributed by atoms with E-state index in [1.807, 2.05) is 0 Å². The maximum absolute atomic E-state index is 11.2. The fourth-order valence-corrected chi connectivity index (χ4v) is 1.71. The van der Waals surface area contributed by atoms with Crippen molar-refractivity contribution in [1.82, 2.24) is 4.90 Å². The lowest BCUT2D eigenvalue weighted by Crippen LogP contribution is -2.47. The number of ether oxygens (including phenoxy) is 1. The Morgan fingerprint density at radius 3 is 2.93 bits per heavy atom. The molecule has 1 aliphatic heterocycles. The molecule has 1 unspecified atom stereocenters. The molecular formula is C10H19NO3. The van der Waals surface area contributed by atoms with E-state index in [1.165, 1.54) is 0 Å². The van der Waals surface area contributed by atoms with Gasteiger partial charge >= 0.3 is 0 Å². The van der Waals surface area contributed by atoms with Gasteiger partial charge in [-0.25, -0.2) is 0 Å². The van der Waals surface area contributed by atoms with Gasteiger partial charge in [-0.05, 0) is 12.3 Å². The molecular weight excluding hydrogens is 182 g/mol. The summed E-state index contributed by atoms with van der Waals surface area (Å²) >= 11 is 0. The van der Waals surface area contributed by atoms with Crippen LogP contribution in [0.4, 0.5) is 0 Å². The molecule has 1 rings (SSSR count). The van der Waals surface area contributed by atoms with Crippen molar-refractivity contribution in [3.63, 3.8) is 0 Å². The Balaban J connectivity index is 2.39. The van der Waals surface area contributed by atoms with Gasteiger partial charge in [0.15, 0.2) is 0 Å². The zero-order chi connectivity index (χ0) is 10.6. The number of rotatable bonds is 3. The molecule has 0 spiro atoms. The average molecular weight is 201 g/mol. The molecule has 0 aromatic carbocycles. The normalized spacial score (nSPS) is 22.9.